The smallest absolute Gasteiger partial charge is 0.330 e. The van der Waals surface area contributed by atoms with E-state index in [0.717, 1.165) is 10.6 Å². The fourth-order valence-corrected chi connectivity index (χ4v) is 3.14. The third-order valence-corrected chi connectivity index (χ3v) is 4.35. The van der Waals surface area contributed by atoms with Gasteiger partial charge in [-0.25, -0.2) is 9.18 Å². The van der Waals surface area contributed by atoms with Gasteiger partial charge >= 0.3 is 5.97 Å². The first-order valence-electron chi connectivity index (χ1n) is 7.60. The molecule has 0 unspecified atom stereocenters. The van der Waals surface area contributed by atoms with Gasteiger partial charge in [-0.15, -0.1) is 0 Å². The zero-order chi connectivity index (χ0) is 16.7. The highest BCUT2D eigenvalue weighted by atomic mass is 19.1. The molecule has 2 atom stereocenters. The fourth-order valence-electron chi connectivity index (χ4n) is 3.14. The number of halogens is 1. The normalized spacial score (nSPS) is 21.8. The molecule has 0 aliphatic carbocycles. The average Bonchev–Trinajstić information content (AvgIpc) is 2.99. The molecule has 1 aliphatic heterocycles. The van der Waals surface area contributed by atoms with Crippen molar-refractivity contribution in [2.24, 2.45) is 0 Å². The van der Waals surface area contributed by atoms with Crippen molar-refractivity contribution >= 4 is 16.9 Å². The number of morpholine rings is 1. The number of aromatic amines is 1. The molecule has 5 nitrogen and oxygen atoms in total. The fraction of sp³-hybridized carbons (Fsp3) is 0.167. The van der Waals surface area contributed by atoms with Crippen LogP contribution in [0.15, 0.2) is 54.7 Å². The monoisotopic (exact) mass is 326 g/mol. The minimum absolute atomic E-state index is 0.0621. The van der Waals surface area contributed by atoms with E-state index in [2.05, 4.69) is 4.98 Å². The highest BCUT2D eigenvalue weighted by molar-refractivity contribution is 5.90. The molecule has 1 aliphatic rings. The van der Waals surface area contributed by atoms with E-state index in [1.165, 1.54) is 12.1 Å². The molecule has 3 aromatic rings. The number of carbonyl (C=O) groups excluding carboxylic acids is 1. The highest BCUT2D eigenvalue weighted by Gasteiger charge is 2.40. The summed E-state index contributed by atoms with van der Waals surface area (Å²) in [6.45, 7) is 0.0621. The Balaban J connectivity index is 1.77. The Kier molecular flexibility index (Phi) is 3.55. The molecule has 1 fully saturated rings. The maximum Gasteiger partial charge on any atom is 0.330 e. The number of esters is 1. The van der Waals surface area contributed by atoms with Crippen LogP contribution in [0.25, 0.3) is 10.9 Å². The summed E-state index contributed by atoms with van der Waals surface area (Å²) in [6, 6.07) is 12.1. The summed E-state index contributed by atoms with van der Waals surface area (Å²) in [5.41, 5.74) is 2.01. The van der Waals surface area contributed by atoms with Crippen molar-refractivity contribution in [3.8, 4) is 0 Å². The molecule has 1 saturated heterocycles. The van der Waals surface area contributed by atoms with E-state index in [0.29, 0.717) is 16.5 Å². The quantitative estimate of drug-likeness (QED) is 0.709. The molecule has 2 N–H and O–H groups in total. The summed E-state index contributed by atoms with van der Waals surface area (Å²) in [5.74, 6) is -0.966. The Hall–Kier alpha value is -2.70. The molecule has 6 heteroatoms. The van der Waals surface area contributed by atoms with Gasteiger partial charge in [0.1, 0.15) is 12.4 Å². The number of nitrogens with one attached hydrogen (secondary N) is 1. The second-order valence-corrected chi connectivity index (χ2v) is 5.77. The largest absolute Gasteiger partial charge is 0.462 e. The van der Waals surface area contributed by atoms with Crippen LogP contribution in [0.5, 0.6) is 0 Å². The maximum absolute atomic E-state index is 13.6. The van der Waals surface area contributed by atoms with Gasteiger partial charge in [-0.2, -0.15) is 5.06 Å². The molecule has 2 aromatic carbocycles. The van der Waals surface area contributed by atoms with Crippen LogP contribution in [0.4, 0.5) is 4.39 Å². The number of cyclic esters (lactones) is 1. The summed E-state index contributed by atoms with van der Waals surface area (Å²) in [5, 5.41) is 12.2. The van der Waals surface area contributed by atoms with Gasteiger partial charge in [0.05, 0.1) is 6.04 Å². The highest BCUT2D eigenvalue weighted by Crippen LogP contribution is 2.37. The third kappa shape index (κ3) is 2.36. The zero-order valence-electron chi connectivity index (χ0n) is 12.6. The van der Waals surface area contributed by atoms with Crippen LogP contribution >= 0.6 is 0 Å². The number of nitrogens with zero attached hydrogens (tertiary/aromatic N) is 1. The van der Waals surface area contributed by atoms with Crippen molar-refractivity contribution in [3.05, 3.63) is 71.7 Å². The van der Waals surface area contributed by atoms with Gasteiger partial charge in [0, 0.05) is 22.7 Å². The standard InChI is InChI=1S/C18H15FN2O3/c19-12-6-7-15-13(8-12)14(9-20-15)17-18(22)24-10-16(21(17)23)11-4-2-1-3-5-11/h1-9,16-17,20,23H,10H2/t16-,17+/m0/s1. The van der Waals surface area contributed by atoms with Crippen molar-refractivity contribution in [1.82, 2.24) is 10.0 Å². The van der Waals surface area contributed by atoms with Crippen molar-refractivity contribution in [2.75, 3.05) is 6.61 Å². The molecular weight excluding hydrogens is 311 g/mol. The number of rotatable bonds is 2. The number of benzene rings is 2. The average molecular weight is 326 g/mol. The van der Waals surface area contributed by atoms with Crippen LogP contribution in [0.2, 0.25) is 0 Å². The van der Waals surface area contributed by atoms with E-state index in [9.17, 15) is 14.4 Å². The summed E-state index contributed by atoms with van der Waals surface area (Å²) in [4.78, 5) is 15.3. The van der Waals surface area contributed by atoms with E-state index in [1.54, 1.807) is 12.3 Å². The molecule has 0 saturated carbocycles. The lowest BCUT2D eigenvalue weighted by Gasteiger charge is -2.36. The topological polar surface area (TPSA) is 65.6 Å². The first-order valence-corrected chi connectivity index (χ1v) is 7.60. The van der Waals surface area contributed by atoms with Gasteiger partial charge in [-0.3, -0.25) is 0 Å². The number of hydrogen-bond donors (Lipinski definition) is 2. The number of carbonyl (C=O) groups is 1. The van der Waals surface area contributed by atoms with Crippen LogP contribution < -0.4 is 0 Å². The third-order valence-electron chi connectivity index (χ3n) is 4.35. The van der Waals surface area contributed by atoms with E-state index < -0.39 is 23.9 Å². The zero-order valence-corrected chi connectivity index (χ0v) is 12.6. The Morgan fingerprint density at radius 3 is 2.79 bits per heavy atom. The molecule has 2 heterocycles. The van der Waals surface area contributed by atoms with Gasteiger partial charge in [0.15, 0.2) is 6.04 Å². The Morgan fingerprint density at radius 2 is 2.00 bits per heavy atom. The number of H-pyrrole nitrogens is 1. The van der Waals surface area contributed by atoms with E-state index in [1.807, 2.05) is 30.3 Å². The first kappa shape index (κ1) is 14.9. The van der Waals surface area contributed by atoms with Crippen LogP contribution in [0.3, 0.4) is 0 Å². The molecule has 0 amide bonds. The number of fused-ring (bicyclic) bond motifs is 1. The van der Waals surface area contributed by atoms with Gasteiger partial charge in [-0.1, -0.05) is 30.3 Å². The molecule has 0 spiro atoms. The molecule has 0 bridgehead atoms. The molecule has 0 radical (unpaired) electrons. The number of hydroxylamine groups is 2. The van der Waals surface area contributed by atoms with Gasteiger partial charge in [-0.05, 0) is 23.8 Å². The van der Waals surface area contributed by atoms with E-state index in [-0.39, 0.29) is 6.61 Å². The predicted molar refractivity (Wildman–Crippen MR) is 84.8 cm³/mol. The Bertz CT molecular complexity index is 894. The van der Waals surface area contributed by atoms with Crippen molar-refractivity contribution < 1.29 is 19.1 Å². The summed E-state index contributed by atoms with van der Waals surface area (Å²) < 4.78 is 18.9. The van der Waals surface area contributed by atoms with Crippen LogP contribution in [-0.4, -0.2) is 27.8 Å². The van der Waals surface area contributed by atoms with Crippen molar-refractivity contribution in [1.29, 1.82) is 0 Å². The van der Waals surface area contributed by atoms with Gasteiger partial charge < -0.3 is 14.9 Å². The van der Waals surface area contributed by atoms with Crippen molar-refractivity contribution in [2.45, 2.75) is 12.1 Å². The molecule has 24 heavy (non-hydrogen) atoms. The predicted octanol–water partition coefficient (Wildman–Crippen LogP) is 3.34. The Morgan fingerprint density at radius 1 is 1.21 bits per heavy atom. The molecule has 4 rings (SSSR count). The Labute approximate surface area is 137 Å². The second-order valence-electron chi connectivity index (χ2n) is 5.77. The minimum atomic E-state index is -1.01. The van der Waals surface area contributed by atoms with Crippen LogP contribution in [0, 0.1) is 5.82 Å². The summed E-state index contributed by atoms with van der Waals surface area (Å²) in [6.07, 6.45) is 1.60. The number of ether oxygens (including phenoxy) is 1. The number of aromatic nitrogens is 1. The van der Waals surface area contributed by atoms with Gasteiger partial charge in [0.2, 0.25) is 0 Å². The molecule has 1 aromatic heterocycles. The van der Waals surface area contributed by atoms with Crippen LogP contribution in [-0.2, 0) is 9.53 Å². The van der Waals surface area contributed by atoms with Gasteiger partial charge in [0.25, 0.3) is 0 Å². The van der Waals surface area contributed by atoms with Crippen LogP contribution in [0.1, 0.15) is 23.2 Å². The molecular formula is C18H15FN2O3. The lowest BCUT2D eigenvalue weighted by Crippen LogP contribution is -2.43. The van der Waals surface area contributed by atoms with E-state index >= 15 is 0 Å². The SMILES string of the molecule is O=C1OC[C@@H](c2ccccc2)N(O)[C@@H]1c1c[nH]c2ccc(F)cc12. The second kappa shape index (κ2) is 5.74. The lowest BCUT2D eigenvalue weighted by molar-refractivity contribution is -0.220. The lowest BCUT2D eigenvalue weighted by atomic mass is 9.99. The summed E-state index contributed by atoms with van der Waals surface area (Å²) in [7, 11) is 0. The summed E-state index contributed by atoms with van der Waals surface area (Å²) >= 11 is 0. The number of hydrogen-bond acceptors (Lipinski definition) is 4. The maximum atomic E-state index is 13.6. The van der Waals surface area contributed by atoms with E-state index in [4.69, 9.17) is 4.74 Å². The first-order chi connectivity index (χ1) is 11.6. The van der Waals surface area contributed by atoms with Crippen molar-refractivity contribution in [3.63, 3.8) is 0 Å². The minimum Gasteiger partial charge on any atom is -0.462 e. The molecule has 122 valence electrons.